The number of ether oxygens (including phenoxy) is 2. The summed E-state index contributed by atoms with van der Waals surface area (Å²) in [6.45, 7) is 0.904. The Bertz CT molecular complexity index is 706. The zero-order chi connectivity index (χ0) is 14.8. The van der Waals surface area contributed by atoms with Gasteiger partial charge in [0, 0.05) is 12.1 Å². The van der Waals surface area contributed by atoms with Gasteiger partial charge < -0.3 is 20.5 Å². The van der Waals surface area contributed by atoms with E-state index in [1.165, 1.54) is 0 Å². The van der Waals surface area contributed by atoms with Gasteiger partial charge in [-0.2, -0.15) is 0 Å². The number of halogens is 1. The van der Waals surface area contributed by atoms with Gasteiger partial charge in [0.2, 0.25) is 6.79 Å². The Balaban J connectivity index is 1.71. The first-order chi connectivity index (χ1) is 10.1. The topological polar surface area (TPSA) is 56.5 Å². The van der Waals surface area contributed by atoms with Crippen LogP contribution in [-0.2, 0) is 6.54 Å². The molecule has 0 bridgehead atoms. The average Bonchev–Trinajstić information content (AvgIpc) is 2.93. The number of nitrogens with one attached hydrogen (secondary N) is 1. The minimum atomic E-state index is 0.276. The van der Waals surface area contributed by atoms with Crippen molar-refractivity contribution in [2.75, 3.05) is 12.1 Å². The largest absolute Gasteiger partial charge is 0.454 e. The third-order valence-electron chi connectivity index (χ3n) is 3.17. The molecule has 0 aromatic heterocycles. The number of rotatable bonds is 4. The molecule has 0 unspecified atom stereocenters. The lowest BCUT2D eigenvalue weighted by Crippen LogP contribution is -2.09. The van der Waals surface area contributed by atoms with Crippen LogP contribution in [0.15, 0.2) is 36.4 Å². The van der Waals surface area contributed by atoms with E-state index < -0.39 is 0 Å². The van der Waals surface area contributed by atoms with Crippen LogP contribution in [0.1, 0.15) is 11.1 Å². The minimum Gasteiger partial charge on any atom is -0.454 e. The van der Waals surface area contributed by atoms with Crippen molar-refractivity contribution >= 4 is 34.5 Å². The predicted molar refractivity (Wildman–Crippen MR) is 87.2 cm³/mol. The SMILES string of the molecule is NC(=S)c1ccc(NCc2ccc3c(c2)OCO3)c(Cl)c1. The molecule has 0 saturated carbocycles. The van der Waals surface area contributed by atoms with Crippen LogP contribution in [0.3, 0.4) is 0 Å². The molecule has 0 spiro atoms. The molecule has 2 aromatic carbocycles. The molecule has 0 fully saturated rings. The van der Waals surface area contributed by atoms with E-state index in [9.17, 15) is 0 Å². The van der Waals surface area contributed by atoms with Crippen molar-refractivity contribution in [3.8, 4) is 11.5 Å². The highest BCUT2D eigenvalue weighted by atomic mass is 35.5. The van der Waals surface area contributed by atoms with Crippen LogP contribution in [0, 0.1) is 0 Å². The van der Waals surface area contributed by atoms with Crippen LogP contribution in [0.2, 0.25) is 5.02 Å². The standard InChI is InChI=1S/C15H13ClN2O2S/c16-11-6-10(15(17)21)2-3-12(11)18-7-9-1-4-13-14(5-9)20-8-19-13/h1-6,18H,7-8H2,(H2,17,21). The fraction of sp³-hybridized carbons (Fsp3) is 0.133. The molecule has 1 aliphatic rings. The van der Waals surface area contributed by atoms with E-state index in [2.05, 4.69) is 5.32 Å². The van der Waals surface area contributed by atoms with E-state index in [0.29, 0.717) is 16.6 Å². The van der Waals surface area contributed by atoms with Crippen LogP contribution in [0.5, 0.6) is 11.5 Å². The number of hydrogen-bond acceptors (Lipinski definition) is 4. The van der Waals surface area contributed by atoms with Gasteiger partial charge in [-0.05, 0) is 35.9 Å². The van der Waals surface area contributed by atoms with Gasteiger partial charge in [0.25, 0.3) is 0 Å². The molecule has 6 heteroatoms. The summed E-state index contributed by atoms with van der Waals surface area (Å²) in [6.07, 6.45) is 0. The van der Waals surface area contributed by atoms with Gasteiger partial charge in [-0.25, -0.2) is 0 Å². The Morgan fingerprint density at radius 1 is 1.19 bits per heavy atom. The Morgan fingerprint density at radius 3 is 2.76 bits per heavy atom. The smallest absolute Gasteiger partial charge is 0.231 e. The number of fused-ring (bicyclic) bond motifs is 1. The number of hydrogen-bond donors (Lipinski definition) is 2. The first-order valence-corrected chi connectivity index (χ1v) is 7.14. The molecule has 1 heterocycles. The molecule has 0 radical (unpaired) electrons. The van der Waals surface area contributed by atoms with Crippen molar-refractivity contribution in [2.45, 2.75) is 6.54 Å². The molecule has 2 aromatic rings. The van der Waals surface area contributed by atoms with Gasteiger partial charge in [-0.15, -0.1) is 0 Å². The molecule has 3 rings (SSSR count). The summed E-state index contributed by atoms with van der Waals surface area (Å²) in [7, 11) is 0. The first kappa shape index (κ1) is 14.0. The van der Waals surface area contributed by atoms with Crippen molar-refractivity contribution in [3.05, 3.63) is 52.5 Å². The average molecular weight is 321 g/mol. The summed E-state index contributed by atoms with van der Waals surface area (Å²) >= 11 is 11.1. The maximum atomic E-state index is 6.21. The summed E-state index contributed by atoms with van der Waals surface area (Å²) in [6, 6.07) is 11.3. The summed E-state index contributed by atoms with van der Waals surface area (Å²) in [5, 5.41) is 3.86. The number of nitrogens with two attached hydrogens (primary N) is 1. The van der Waals surface area contributed by atoms with Gasteiger partial charge in [-0.3, -0.25) is 0 Å². The fourth-order valence-electron chi connectivity index (χ4n) is 2.06. The van der Waals surface area contributed by atoms with E-state index in [-0.39, 0.29) is 6.79 Å². The van der Waals surface area contributed by atoms with E-state index in [0.717, 1.165) is 28.3 Å². The van der Waals surface area contributed by atoms with E-state index in [4.69, 9.17) is 39.0 Å². The quantitative estimate of drug-likeness (QED) is 0.846. The molecular weight excluding hydrogens is 308 g/mol. The van der Waals surface area contributed by atoms with Crippen molar-refractivity contribution in [1.82, 2.24) is 0 Å². The van der Waals surface area contributed by atoms with Gasteiger partial charge in [0.15, 0.2) is 11.5 Å². The molecule has 4 nitrogen and oxygen atoms in total. The van der Waals surface area contributed by atoms with Gasteiger partial charge in [0.05, 0.1) is 10.7 Å². The van der Waals surface area contributed by atoms with E-state index >= 15 is 0 Å². The monoisotopic (exact) mass is 320 g/mol. The van der Waals surface area contributed by atoms with Crippen molar-refractivity contribution in [2.24, 2.45) is 5.73 Å². The number of benzene rings is 2. The van der Waals surface area contributed by atoms with Gasteiger partial charge >= 0.3 is 0 Å². The van der Waals surface area contributed by atoms with E-state index in [1.54, 1.807) is 6.07 Å². The molecule has 0 saturated heterocycles. The molecule has 1 aliphatic heterocycles. The van der Waals surface area contributed by atoms with Crippen LogP contribution >= 0.6 is 23.8 Å². The highest BCUT2D eigenvalue weighted by Gasteiger charge is 2.13. The van der Waals surface area contributed by atoms with Crippen LogP contribution in [-0.4, -0.2) is 11.8 Å². The Morgan fingerprint density at radius 2 is 2.00 bits per heavy atom. The highest BCUT2D eigenvalue weighted by molar-refractivity contribution is 7.80. The maximum Gasteiger partial charge on any atom is 0.231 e. The fourth-order valence-corrected chi connectivity index (χ4v) is 2.43. The zero-order valence-corrected chi connectivity index (χ0v) is 12.6. The first-order valence-electron chi connectivity index (χ1n) is 6.35. The lowest BCUT2D eigenvalue weighted by atomic mass is 10.1. The van der Waals surface area contributed by atoms with Gasteiger partial charge in [-0.1, -0.05) is 29.9 Å². The Labute approximate surface area is 132 Å². The molecule has 0 aliphatic carbocycles. The van der Waals surface area contributed by atoms with Gasteiger partial charge in [0.1, 0.15) is 4.99 Å². The van der Waals surface area contributed by atoms with Crippen LogP contribution in [0.25, 0.3) is 0 Å². The van der Waals surface area contributed by atoms with Crippen molar-refractivity contribution in [3.63, 3.8) is 0 Å². The molecule has 21 heavy (non-hydrogen) atoms. The normalized spacial score (nSPS) is 12.2. The minimum absolute atomic E-state index is 0.276. The second kappa shape index (κ2) is 5.79. The van der Waals surface area contributed by atoms with Crippen LogP contribution < -0.4 is 20.5 Å². The summed E-state index contributed by atoms with van der Waals surface area (Å²) in [5.74, 6) is 1.54. The molecule has 0 atom stereocenters. The summed E-state index contributed by atoms with van der Waals surface area (Å²) < 4.78 is 10.6. The number of anilines is 1. The molecule has 108 valence electrons. The third-order valence-corrected chi connectivity index (χ3v) is 3.72. The Hall–Kier alpha value is -1.98. The molecular formula is C15H13ClN2O2S. The summed E-state index contributed by atoms with van der Waals surface area (Å²) in [4.78, 5) is 0.333. The predicted octanol–water partition coefficient (Wildman–Crippen LogP) is 3.32. The van der Waals surface area contributed by atoms with Crippen LogP contribution in [0.4, 0.5) is 5.69 Å². The molecule has 0 amide bonds. The maximum absolute atomic E-state index is 6.21. The van der Waals surface area contributed by atoms with E-state index in [1.807, 2.05) is 30.3 Å². The lowest BCUT2D eigenvalue weighted by Gasteiger charge is -2.10. The second-order valence-corrected chi connectivity index (χ2v) is 5.45. The zero-order valence-electron chi connectivity index (χ0n) is 11.1. The third kappa shape index (κ3) is 3.04. The van der Waals surface area contributed by atoms with Crippen molar-refractivity contribution in [1.29, 1.82) is 0 Å². The Kier molecular flexibility index (Phi) is 3.86. The summed E-state index contributed by atoms with van der Waals surface area (Å²) in [5.41, 5.74) is 8.24. The highest BCUT2D eigenvalue weighted by Crippen LogP contribution is 2.33. The molecule has 3 N–H and O–H groups in total. The lowest BCUT2D eigenvalue weighted by molar-refractivity contribution is 0.174. The number of thiocarbonyl (C=S) groups is 1. The second-order valence-electron chi connectivity index (χ2n) is 4.60. The van der Waals surface area contributed by atoms with Crippen molar-refractivity contribution < 1.29 is 9.47 Å².